The molecule has 1 saturated heterocycles. The van der Waals surface area contributed by atoms with E-state index in [9.17, 15) is 9.90 Å². The SMILES string of the molecule is CC1(C)CCC(=O)[C@@]2(C)OO[C@@H]3C[C@@]12CC[C@H]3O. The molecule has 0 amide bonds. The van der Waals surface area contributed by atoms with Gasteiger partial charge in [-0.2, -0.15) is 0 Å². The zero-order valence-corrected chi connectivity index (χ0v) is 11.4. The highest BCUT2D eigenvalue weighted by atomic mass is 17.2. The van der Waals surface area contributed by atoms with E-state index in [1.807, 2.05) is 6.92 Å². The van der Waals surface area contributed by atoms with Gasteiger partial charge >= 0.3 is 0 Å². The van der Waals surface area contributed by atoms with Gasteiger partial charge in [-0.05, 0) is 38.0 Å². The maximum Gasteiger partial charge on any atom is 0.168 e. The molecule has 2 saturated carbocycles. The quantitative estimate of drug-likeness (QED) is 0.672. The Labute approximate surface area is 108 Å². The summed E-state index contributed by atoms with van der Waals surface area (Å²) in [4.78, 5) is 23.2. The summed E-state index contributed by atoms with van der Waals surface area (Å²) in [5.74, 6) is 0.150. The van der Waals surface area contributed by atoms with Crippen LogP contribution in [0.15, 0.2) is 0 Å². The molecular formula is C14H22O4. The van der Waals surface area contributed by atoms with E-state index in [1.54, 1.807) is 0 Å². The molecule has 1 N–H and O–H groups in total. The fourth-order valence-electron chi connectivity index (χ4n) is 4.41. The third-order valence-electron chi connectivity index (χ3n) is 5.90. The van der Waals surface area contributed by atoms with Crippen molar-refractivity contribution in [3.05, 3.63) is 0 Å². The van der Waals surface area contributed by atoms with Crippen LogP contribution < -0.4 is 0 Å². The summed E-state index contributed by atoms with van der Waals surface area (Å²) >= 11 is 0. The molecule has 1 heterocycles. The molecule has 1 aliphatic heterocycles. The highest BCUT2D eigenvalue weighted by Gasteiger charge is 2.68. The molecule has 3 fully saturated rings. The number of Topliss-reactive ketones (excluding diaryl/α,β-unsaturated/α-hetero) is 1. The van der Waals surface area contributed by atoms with Gasteiger partial charge in [0, 0.05) is 11.8 Å². The minimum Gasteiger partial charge on any atom is -0.390 e. The lowest BCUT2D eigenvalue weighted by atomic mass is 9.45. The van der Waals surface area contributed by atoms with E-state index in [0.717, 1.165) is 19.3 Å². The number of hydrogen-bond acceptors (Lipinski definition) is 4. The topological polar surface area (TPSA) is 55.8 Å². The summed E-state index contributed by atoms with van der Waals surface area (Å²) in [7, 11) is 0. The minimum absolute atomic E-state index is 0.0395. The van der Waals surface area contributed by atoms with Crippen LogP contribution in [0.3, 0.4) is 0 Å². The van der Waals surface area contributed by atoms with Crippen molar-refractivity contribution >= 4 is 5.78 Å². The molecule has 3 aliphatic rings. The van der Waals surface area contributed by atoms with Gasteiger partial charge in [0.25, 0.3) is 0 Å². The summed E-state index contributed by atoms with van der Waals surface area (Å²) < 4.78 is 0. The van der Waals surface area contributed by atoms with Crippen LogP contribution in [0.5, 0.6) is 0 Å². The van der Waals surface area contributed by atoms with E-state index >= 15 is 0 Å². The Hall–Kier alpha value is -0.450. The van der Waals surface area contributed by atoms with Crippen LogP contribution in [-0.2, 0) is 14.6 Å². The van der Waals surface area contributed by atoms with Crippen molar-refractivity contribution in [1.29, 1.82) is 0 Å². The monoisotopic (exact) mass is 254 g/mol. The third-order valence-corrected chi connectivity index (χ3v) is 5.90. The summed E-state index contributed by atoms with van der Waals surface area (Å²) in [6.07, 6.45) is 2.97. The first-order chi connectivity index (χ1) is 8.32. The van der Waals surface area contributed by atoms with Gasteiger partial charge in [-0.1, -0.05) is 13.8 Å². The van der Waals surface area contributed by atoms with Gasteiger partial charge in [0.15, 0.2) is 11.4 Å². The summed E-state index contributed by atoms with van der Waals surface area (Å²) in [5.41, 5.74) is -0.999. The molecule has 4 heteroatoms. The van der Waals surface area contributed by atoms with Crippen molar-refractivity contribution in [2.75, 3.05) is 0 Å². The average molecular weight is 254 g/mol. The normalized spacial score (nSPS) is 50.8. The van der Waals surface area contributed by atoms with Gasteiger partial charge in [-0.15, -0.1) is 0 Å². The molecule has 3 rings (SSSR count). The lowest BCUT2D eigenvalue weighted by molar-refractivity contribution is -0.456. The van der Waals surface area contributed by atoms with Crippen LogP contribution in [0.1, 0.15) is 52.9 Å². The first-order valence-corrected chi connectivity index (χ1v) is 6.88. The molecular weight excluding hydrogens is 232 g/mol. The Kier molecular flexibility index (Phi) is 2.48. The van der Waals surface area contributed by atoms with E-state index in [1.165, 1.54) is 0 Å². The number of rotatable bonds is 0. The predicted octanol–water partition coefficient (Wildman–Crippen LogP) is 2.00. The van der Waals surface area contributed by atoms with Crippen molar-refractivity contribution in [3.63, 3.8) is 0 Å². The molecule has 4 nitrogen and oxygen atoms in total. The van der Waals surface area contributed by atoms with E-state index < -0.39 is 11.7 Å². The number of ketones is 1. The van der Waals surface area contributed by atoms with Gasteiger partial charge < -0.3 is 5.11 Å². The molecule has 0 radical (unpaired) electrons. The molecule has 4 atom stereocenters. The molecule has 0 aromatic carbocycles. The maximum atomic E-state index is 12.3. The summed E-state index contributed by atoms with van der Waals surface area (Å²) in [6, 6.07) is 0. The fourth-order valence-corrected chi connectivity index (χ4v) is 4.41. The van der Waals surface area contributed by atoms with Crippen LogP contribution in [0.4, 0.5) is 0 Å². The first-order valence-electron chi connectivity index (χ1n) is 6.88. The lowest BCUT2D eigenvalue weighted by Gasteiger charge is -2.64. The minimum atomic E-state index is -0.842. The first kappa shape index (κ1) is 12.6. The summed E-state index contributed by atoms with van der Waals surface area (Å²) in [6.45, 7) is 6.33. The smallest absolute Gasteiger partial charge is 0.168 e. The van der Waals surface area contributed by atoms with Crippen LogP contribution >= 0.6 is 0 Å². The van der Waals surface area contributed by atoms with E-state index in [4.69, 9.17) is 9.78 Å². The van der Waals surface area contributed by atoms with E-state index in [2.05, 4.69) is 13.8 Å². The van der Waals surface area contributed by atoms with Gasteiger partial charge in [0.1, 0.15) is 6.10 Å². The van der Waals surface area contributed by atoms with E-state index in [0.29, 0.717) is 12.8 Å². The zero-order chi connectivity index (χ0) is 13.2. The Bertz CT molecular complexity index is 391. The van der Waals surface area contributed by atoms with Crippen LogP contribution in [0, 0.1) is 10.8 Å². The second-order valence-corrected chi connectivity index (χ2v) is 6.95. The van der Waals surface area contributed by atoms with Crippen LogP contribution in [0.2, 0.25) is 0 Å². The van der Waals surface area contributed by atoms with Crippen molar-refractivity contribution < 1.29 is 19.7 Å². The number of aliphatic hydroxyl groups is 1. The zero-order valence-electron chi connectivity index (χ0n) is 11.4. The maximum absolute atomic E-state index is 12.3. The van der Waals surface area contributed by atoms with Gasteiger partial charge in [-0.25, -0.2) is 9.78 Å². The largest absolute Gasteiger partial charge is 0.390 e. The molecule has 2 aliphatic carbocycles. The predicted molar refractivity (Wildman–Crippen MR) is 64.7 cm³/mol. The Morgan fingerprint density at radius 3 is 2.72 bits per heavy atom. The Morgan fingerprint density at radius 2 is 2.00 bits per heavy atom. The average Bonchev–Trinajstić information content (AvgIpc) is 2.33. The second-order valence-electron chi connectivity index (χ2n) is 6.95. The lowest BCUT2D eigenvalue weighted by Crippen LogP contribution is -2.69. The van der Waals surface area contributed by atoms with Crippen molar-refractivity contribution in [2.45, 2.75) is 70.7 Å². The molecule has 1 spiro atoms. The fraction of sp³-hybridized carbons (Fsp3) is 0.929. The molecule has 102 valence electrons. The van der Waals surface area contributed by atoms with Crippen molar-refractivity contribution in [2.24, 2.45) is 10.8 Å². The second kappa shape index (κ2) is 3.56. The van der Waals surface area contributed by atoms with Crippen molar-refractivity contribution in [1.82, 2.24) is 0 Å². The number of carbonyl (C=O) groups is 1. The van der Waals surface area contributed by atoms with Gasteiger partial charge in [0.2, 0.25) is 0 Å². The molecule has 2 bridgehead atoms. The standard InChI is InChI=1S/C14H22O4/c1-12(2)6-5-11(16)13(3)14(12)7-4-9(15)10(8-14)17-18-13/h9-10,15H,4-8H2,1-3H3/t9-,10-,13-,14+/m1/s1. The molecule has 0 unspecified atom stereocenters. The molecule has 0 aromatic rings. The summed E-state index contributed by atoms with van der Waals surface area (Å²) in [5, 5.41) is 9.94. The van der Waals surface area contributed by atoms with Crippen LogP contribution in [0.25, 0.3) is 0 Å². The van der Waals surface area contributed by atoms with Gasteiger partial charge in [0.05, 0.1) is 6.10 Å². The third kappa shape index (κ3) is 1.29. The van der Waals surface area contributed by atoms with Crippen molar-refractivity contribution in [3.8, 4) is 0 Å². The molecule has 0 aromatic heterocycles. The number of fused-ring (bicyclic) bond motifs is 1. The highest BCUT2D eigenvalue weighted by Crippen LogP contribution is 2.64. The highest BCUT2D eigenvalue weighted by molar-refractivity contribution is 5.89. The Morgan fingerprint density at radius 1 is 1.28 bits per heavy atom. The van der Waals surface area contributed by atoms with E-state index in [-0.39, 0.29) is 22.7 Å². The van der Waals surface area contributed by atoms with Gasteiger partial charge in [-0.3, -0.25) is 4.79 Å². The van der Waals surface area contributed by atoms with Crippen LogP contribution in [-0.4, -0.2) is 28.7 Å². The number of carbonyl (C=O) groups excluding carboxylic acids is 1. The Balaban J connectivity index is 2.09. The molecule has 18 heavy (non-hydrogen) atoms. The number of aliphatic hydroxyl groups excluding tert-OH is 1. The number of hydrogen-bond donors (Lipinski definition) is 1.